The summed E-state index contributed by atoms with van der Waals surface area (Å²) in [4.78, 5) is 12.8. The zero-order valence-corrected chi connectivity index (χ0v) is 9.86. The van der Waals surface area contributed by atoms with E-state index < -0.39 is 0 Å². The topological polar surface area (TPSA) is 20.3 Å². The van der Waals surface area contributed by atoms with E-state index in [2.05, 4.69) is 19.2 Å². The van der Waals surface area contributed by atoms with Gasteiger partial charge in [-0.25, -0.2) is 0 Å². The molecule has 0 bridgehead atoms. The Labute approximate surface area is 97.6 Å². The van der Waals surface area contributed by atoms with E-state index in [1.54, 1.807) is 6.08 Å². The number of carbonyl (C=O) groups excluding carboxylic acids is 1. The summed E-state index contributed by atoms with van der Waals surface area (Å²) in [5.74, 6) is 0. The van der Waals surface area contributed by atoms with Crippen LogP contribution in [0.1, 0.15) is 19.8 Å². The highest BCUT2D eigenvalue weighted by Gasteiger charge is 2.23. The fourth-order valence-electron chi connectivity index (χ4n) is 1.96. The van der Waals surface area contributed by atoms with E-state index in [0.29, 0.717) is 6.54 Å². The van der Waals surface area contributed by atoms with Crippen molar-refractivity contribution in [2.75, 3.05) is 6.54 Å². The van der Waals surface area contributed by atoms with Crippen molar-refractivity contribution < 1.29 is 4.79 Å². The van der Waals surface area contributed by atoms with Crippen LogP contribution in [0.15, 0.2) is 48.6 Å². The molecule has 0 aromatic rings. The molecule has 0 radical (unpaired) electrons. The van der Waals surface area contributed by atoms with Gasteiger partial charge in [0.1, 0.15) is 0 Å². The van der Waals surface area contributed by atoms with Crippen LogP contribution in [0.5, 0.6) is 0 Å². The van der Waals surface area contributed by atoms with Gasteiger partial charge in [0, 0.05) is 6.54 Å². The molecule has 1 amide bonds. The fraction of sp³-hybridized carbons (Fsp3) is 0.357. The van der Waals surface area contributed by atoms with Crippen molar-refractivity contribution in [1.82, 2.24) is 4.90 Å². The number of allylic oxidation sites excluding steroid dienone is 4. The number of rotatable bonds is 4. The summed E-state index contributed by atoms with van der Waals surface area (Å²) >= 11 is 0. The highest BCUT2D eigenvalue weighted by molar-refractivity contribution is 5.50. The van der Waals surface area contributed by atoms with Crippen molar-refractivity contribution in [1.29, 1.82) is 0 Å². The molecule has 1 rings (SSSR count). The summed E-state index contributed by atoms with van der Waals surface area (Å²) in [6.45, 7) is 10.2. The second kappa shape index (κ2) is 6.11. The Hall–Kier alpha value is -1.57. The van der Waals surface area contributed by atoms with Gasteiger partial charge in [-0.2, -0.15) is 0 Å². The molecule has 0 aromatic carbocycles. The molecule has 1 aliphatic rings. The van der Waals surface area contributed by atoms with Crippen LogP contribution in [0.25, 0.3) is 0 Å². The molecule has 86 valence electrons. The Morgan fingerprint density at radius 1 is 1.50 bits per heavy atom. The molecule has 1 heterocycles. The van der Waals surface area contributed by atoms with Crippen LogP contribution < -0.4 is 0 Å². The van der Waals surface area contributed by atoms with Crippen LogP contribution in [0.3, 0.4) is 0 Å². The Kier molecular flexibility index (Phi) is 4.77. The van der Waals surface area contributed by atoms with Crippen LogP contribution in [-0.4, -0.2) is 23.9 Å². The predicted octanol–water partition coefficient (Wildman–Crippen LogP) is 2.85. The van der Waals surface area contributed by atoms with Crippen LogP contribution >= 0.6 is 0 Å². The number of hydrogen-bond donors (Lipinski definition) is 0. The summed E-state index contributed by atoms with van der Waals surface area (Å²) in [6.07, 6.45) is 10.6. The third-order valence-electron chi connectivity index (χ3n) is 2.81. The average molecular weight is 217 g/mol. The first-order valence-electron chi connectivity index (χ1n) is 5.52. The van der Waals surface area contributed by atoms with Crippen molar-refractivity contribution >= 4 is 6.41 Å². The lowest BCUT2D eigenvalue weighted by Crippen LogP contribution is -2.39. The van der Waals surface area contributed by atoms with E-state index in [0.717, 1.165) is 24.8 Å². The second-order valence-electron chi connectivity index (χ2n) is 4.12. The molecular weight excluding hydrogens is 198 g/mol. The van der Waals surface area contributed by atoms with Gasteiger partial charge in [0.25, 0.3) is 0 Å². The summed E-state index contributed by atoms with van der Waals surface area (Å²) in [5, 5.41) is 0. The maximum Gasteiger partial charge on any atom is 0.210 e. The summed E-state index contributed by atoms with van der Waals surface area (Å²) in [5.41, 5.74) is 2.34. The molecule has 2 heteroatoms. The van der Waals surface area contributed by atoms with Gasteiger partial charge in [0.2, 0.25) is 6.41 Å². The van der Waals surface area contributed by atoms with Gasteiger partial charge in [0.05, 0.1) is 6.04 Å². The Balaban J connectivity index is 2.68. The lowest BCUT2D eigenvalue weighted by atomic mass is 9.94. The molecule has 2 nitrogen and oxygen atoms in total. The van der Waals surface area contributed by atoms with Crippen molar-refractivity contribution in [2.45, 2.75) is 25.8 Å². The summed E-state index contributed by atoms with van der Waals surface area (Å²) in [7, 11) is 0. The minimum Gasteiger partial charge on any atom is -0.335 e. The van der Waals surface area contributed by atoms with Crippen molar-refractivity contribution in [2.24, 2.45) is 0 Å². The number of carbonyl (C=O) groups is 1. The van der Waals surface area contributed by atoms with E-state index in [1.165, 1.54) is 5.57 Å². The third kappa shape index (κ3) is 3.23. The van der Waals surface area contributed by atoms with Crippen LogP contribution in [0.2, 0.25) is 0 Å². The van der Waals surface area contributed by atoms with Gasteiger partial charge in [-0.15, -0.1) is 0 Å². The summed E-state index contributed by atoms with van der Waals surface area (Å²) < 4.78 is 0. The van der Waals surface area contributed by atoms with Gasteiger partial charge in [-0.1, -0.05) is 48.6 Å². The lowest BCUT2D eigenvalue weighted by Gasteiger charge is -2.34. The van der Waals surface area contributed by atoms with Crippen LogP contribution in [0.4, 0.5) is 0 Å². The standard InChI is InChI=1S/C14H19NO/c1-4-5-6-7-13-8-9-14(12(2)3)15(10-13)11-16/h4-7,11,14H,1-2,8-10H2,3H3/b6-5-,13-7+. The maximum atomic E-state index is 11.0. The minimum atomic E-state index is 0.207. The SMILES string of the molecule is C=C/C=C\C=C1/CCC(C(=C)C)N(C=O)C1. The number of piperidine rings is 1. The molecule has 1 unspecified atom stereocenters. The number of amides is 1. The first kappa shape index (κ1) is 12.5. The zero-order valence-electron chi connectivity index (χ0n) is 9.86. The Morgan fingerprint density at radius 2 is 2.25 bits per heavy atom. The molecule has 0 spiro atoms. The second-order valence-corrected chi connectivity index (χ2v) is 4.12. The molecule has 0 N–H and O–H groups in total. The van der Waals surface area contributed by atoms with E-state index >= 15 is 0 Å². The Morgan fingerprint density at radius 3 is 2.81 bits per heavy atom. The zero-order chi connectivity index (χ0) is 12.0. The first-order chi connectivity index (χ1) is 7.69. The molecule has 1 aliphatic heterocycles. The fourth-order valence-corrected chi connectivity index (χ4v) is 1.96. The minimum absolute atomic E-state index is 0.207. The van der Waals surface area contributed by atoms with Gasteiger partial charge in [0.15, 0.2) is 0 Å². The van der Waals surface area contributed by atoms with Gasteiger partial charge < -0.3 is 4.90 Å². The third-order valence-corrected chi connectivity index (χ3v) is 2.81. The van der Waals surface area contributed by atoms with Crippen molar-refractivity contribution in [3.05, 3.63) is 48.6 Å². The quantitative estimate of drug-likeness (QED) is 0.403. The molecule has 16 heavy (non-hydrogen) atoms. The van der Waals surface area contributed by atoms with Crippen LogP contribution in [-0.2, 0) is 4.79 Å². The molecule has 0 saturated carbocycles. The molecular formula is C14H19NO. The van der Waals surface area contributed by atoms with Crippen LogP contribution in [0, 0.1) is 0 Å². The van der Waals surface area contributed by atoms with Crippen molar-refractivity contribution in [3.8, 4) is 0 Å². The van der Waals surface area contributed by atoms with Crippen molar-refractivity contribution in [3.63, 3.8) is 0 Å². The normalized spacial score (nSPS) is 23.7. The predicted molar refractivity (Wildman–Crippen MR) is 68.0 cm³/mol. The molecule has 1 fully saturated rings. The molecule has 0 aliphatic carbocycles. The average Bonchev–Trinajstić information content (AvgIpc) is 2.29. The highest BCUT2D eigenvalue weighted by Crippen LogP contribution is 2.24. The number of hydrogen-bond acceptors (Lipinski definition) is 1. The van der Waals surface area contributed by atoms with E-state index in [-0.39, 0.29) is 6.04 Å². The molecule has 1 atom stereocenters. The number of likely N-dealkylation sites (tertiary alicyclic amines) is 1. The monoisotopic (exact) mass is 217 g/mol. The highest BCUT2D eigenvalue weighted by atomic mass is 16.1. The number of nitrogens with zero attached hydrogens (tertiary/aromatic N) is 1. The Bertz CT molecular complexity index is 339. The van der Waals surface area contributed by atoms with E-state index in [9.17, 15) is 4.79 Å². The van der Waals surface area contributed by atoms with E-state index in [4.69, 9.17) is 0 Å². The largest absolute Gasteiger partial charge is 0.335 e. The van der Waals surface area contributed by atoms with Gasteiger partial charge in [-0.3, -0.25) is 4.79 Å². The molecule has 0 aromatic heterocycles. The first-order valence-corrected chi connectivity index (χ1v) is 5.52. The lowest BCUT2D eigenvalue weighted by molar-refractivity contribution is -0.119. The van der Waals surface area contributed by atoms with Gasteiger partial charge >= 0.3 is 0 Å². The van der Waals surface area contributed by atoms with E-state index in [1.807, 2.05) is 24.0 Å². The smallest absolute Gasteiger partial charge is 0.210 e. The molecule has 1 saturated heterocycles. The summed E-state index contributed by atoms with van der Waals surface area (Å²) in [6, 6.07) is 0.207. The van der Waals surface area contributed by atoms with Gasteiger partial charge in [-0.05, 0) is 19.8 Å². The maximum absolute atomic E-state index is 11.0.